The van der Waals surface area contributed by atoms with Crippen LogP contribution in [-0.4, -0.2) is 25.9 Å². The first kappa shape index (κ1) is 7.73. The van der Waals surface area contributed by atoms with Crippen LogP contribution in [0.2, 0.25) is 0 Å². The number of quaternary nitrogens is 1. The first-order valence-electron chi connectivity index (χ1n) is 4.04. The van der Waals surface area contributed by atoms with Crippen LogP contribution in [0.1, 0.15) is 25.7 Å². The molecular weight excluding hydrogens is 126 g/mol. The Morgan fingerprint density at radius 3 is 2.50 bits per heavy atom. The van der Waals surface area contributed by atoms with Gasteiger partial charge in [0.1, 0.15) is 6.04 Å². The lowest BCUT2D eigenvalue weighted by molar-refractivity contribution is -0.876. The Morgan fingerprint density at radius 1 is 1.40 bits per heavy atom. The summed E-state index contributed by atoms with van der Waals surface area (Å²) in [5, 5.41) is 0. The van der Waals surface area contributed by atoms with Crippen molar-refractivity contribution in [1.29, 1.82) is 0 Å². The summed E-state index contributed by atoms with van der Waals surface area (Å²) in [6.07, 6.45) is 4.27. The number of carbonyl (C=O) groups excluding carboxylic acids is 1. The van der Waals surface area contributed by atoms with Gasteiger partial charge in [0.25, 0.3) is 0 Å². The summed E-state index contributed by atoms with van der Waals surface area (Å²) >= 11 is 0. The van der Waals surface area contributed by atoms with Crippen LogP contribution in [0.4, 0.5) is 0 Å². The van der Waals surface area contributed by atoms with Crippen LogP contribution in [0, 0.1) is 0 Å². The van der Waals surface area contributed by atoms with Crippen LogP contribution >= 0.6 is 0 Å². The minimum Gasteiger partial charge on any atom is -0.331 e. The Kier molecular flexibility index (Phi) is 2.44. The molecule has 2 nitrogen and oxygen atoms in total. The summed E-state index contributed by atoms with van der Waals surface area (Å²) in [7, 11) is 4.13. The van der Waals surface area contributed by atoms with Crippen LogP contribution in [0.3, 0.4) is 0 Å². The highest BCUT2D eigenvalue weighted by Crippen LogP contribution is 2.11. The molecule has 0 aromatic heterocycles. The molecule has 0 saturated heterocycles. The van der Waals surface area contributed by atoms with E-state index in [1.807, 2.05) is 0 Å². The number of Topliss-reactive ketones (excluding diaryl/α,β-unsaturated/α-hetero) is 1. The van der Waals surface area contributed by atoms with Crippen molar-refractivity contribution in [2.45, 2.75) is 31.7 Å². The number of carbonyl (C=O) groups is 1. The molecule has 0 amide bonds. The van der Waals surface area contributed by atoms with E-state index in [1.165, 1.54) is 11.3 Å². The highest BCUT2D eigenvalue weighted by molar-refractivity contribution is 5.83. The number of likely N-dealkylation sites (N-methyl/N-ethyl adjacent to an activating group) is 1. The molecule has 0 aliphatic heterocycles. The summed E-state index contributed by atoms with van der Waals surface area (Å²) in [6.45, 7) is 0. The number of hydrogen-bond acceptors (Lipinski definition) is 1. The van der Waals surface area contributed by atoms with Crippen molar-refractivity contribution in [3.8, 4) is 0 Å². The molecule has 1 atom stereocenters. The summed E-state index contributed by atoms with van der Waals surface area (Å²) in [5.41, 5.74) is 0. The third-order valence-corrected chi connectivity index (χ3v) is 2.25. The molecule has 1 N–H and O–H groups in total. The predicted molar refractivity (Wildman–Crippen MR) is 40.1 cm³/mol. The lowest BCUT2D eigenvalue weighted by atomic mass is 9.93. The maximum absolute atomic E-state index is 11.2. The van der Waals surface area contributed by atoms with Crippen LogP contribution < -0.4 is 4.90 Å². The van der Waals surface area contributed by atoms with E-state index in [2.05, 4.69) is 14.1 Å². The van der Waals surface area contributed by atoms with E-state index in [1.54, 1.807) is 0 Å². The average Bonchev–Trinajstić information content (AvgIpc) is 1.88. The molecule has 10 heavy (non-hydrogen) atoms. The van der Waals surface area contributed by atoms with Crippen LogP contribution in [0.5, 0.6) is 0 Å². The van der Waals surface area contributed by atoms with E-state index < -0.39 is 0 Å². The highest BCUT2D eigenvalue weighted by Gasteiger charge is 2.26. The fourth-order valence-corrected chi connectivity index (χ4v) is 1.59. The van der Waals surface area contributed by atoms with Gasteiger partial charge in [-0.2, -0.15) is 0 Å². The van der Waals surface area contributed by atoms with Crippen molar-refractivity contribution in [2.24, 2.45) is 0 Å². The van der Waals surface area contributed by atoms with E-state index in [0.717, 1.165) is 19.3 Å². The Morgan fingerprint density at radius 2 is 2.10 bits per heavy atom. The van der Waals surface area contributed by atoms with E-state index in [9.17, 15) is 4.79 Å². The SMILES string of the molecule is C[NH+](C)[C@@H]1CCCCC1=O. The molecule has 0 spiro atoms. The second kappa shape index (κ2) is 3.15. The van der Waals surface area contributed by atoms with Gasteiger partial charge in [-0.05, 0) is 12.8 Å². The molecule has 0 heterocycles. The smallest absolute Gasteiger partial charge is 0.189 e. The van der Waals surface area contributed by atoms with E-state index in [4.69, 9.17) is 0 Å². The Labute approximate surface area is 62.2 Å². The largest absolute Gasteiger partial charge is 0.331 e. The van der Waals surface area contributed by atoms with Gasteiger partial charge in [-0.15, -0.1) is 0 Å². The van der Waals surface area contributed by atoms with Gasteiger partial charge < -0.3 is 4.90 Å². The summed E-state index contributed by atoms with van der Waals surface area (Å²) in [6, 6.07) is 0.300. The normalized spacial score (nSPS) is 27.5. The molecular formula is C8H16NO+. The Bertz CT molecular complexity index is 131. The zero-order chi connectivity index (χ0) is 7.56. The fraction of sp³-hybridized carbons (Fsp3) is 0.875. The molecule has 1 fully saturated rings. The van der Waals surface area contributed by atoms with Gasteiger partial charge in [-0.1, -0.05) is 0 Å². The summed E-state index contributed by atoms with van der Waals surface area (Å²) in [5.74, 6) is 0.464. The van der Waals surface area contributed by atoms with E-state index in [-0.39, 0.29) is 0 Å². The lowest BCUT2D eigenvalue weighted by Gasteiger charge is -2.23. The van der Waals surface area contributed by atoms with E-state index in [0.29, 0.717) is 11.8 Å². The minimum atomic E-state index is 0.300. The number of ketones is 1. The van der Waals surface area contributed by atoms with Crippen molar-refractivity contribution in [3.05, 3.63) is 0 Å². The zero-order valence-electron chi connectivity index (χ0n) is 6.81. The Balaban J connectivity index is 2.48. The van der Waals surface area contributed by atoms with Gasteiger partial charge in [0.05, 0.1) is 14.1 Å². The van der Waals surface area contributed by atoms with Crippen molar-refractivity contribution in [2.75, 3.05) is 14.1 Å². The molecule has 0 radical (unpaired) electrons. The van der Waals surface area contributed by atoms with Gasteiger partial charge in [-0.3, -0.25) is 4.79 Å². The van der Waals surface area contributed by atoms with Crippen molar-refractivity contribution < 1.29 is 9.69 Å². The molecule has 0 aromatic carbocycles. The molecule has 1 aliphatic rings. The van der Waals surface area contributed by atoms with Gasteiger partial charge in [0.15, 0.2) is 5.78 Å². The van der Waals surface area contributed by atoms with Crippen LogP contribution in [0.25, 0.3) is 0 Å². The highest BCUT2D eigenvalue weighted by atomic mass is 16.1. The fourth-order valence-electron chi connectivity index (χ4n) is 1.59. The Hall–Kier alpha value is -0.370. The third-order valence-electron chi connectivity index (χ3n) is 2.25. The maximum Gasteiger partial charge on any atom is 0.189 e. The zero-order valence-corrected chi connectivity index (χ0v) is 6.81. The molecule has 2 heteroatoms. The standard InChI is InChI=1S/C8H15NO/c1-9(2)7-5-3-4-6-8(7)10/h7H,3-6H2,1-2H3/p+1/t7-/m1/s1. The molecule has 0 bridgehead atoms. The molecule has 1 saturated carbocycles. The topological polar surface area (TPSA) is 21.5 Å². The lowest BCUT2D eigenvalue weighted by Crippen LogP contribution is -3.11. The van der Waals surface area contributed by atoms with Crippen molar-refractivity contribution in [3.63, 3.8) is 0 Å². The van der Waals surface area contributed by atoms with Gasteiger partial charge in [0, 0.05) is 12.8 Å². The first-order valence-corrected chi connectivity index (χ1v) is 4.04. The first-order chi connectivity index (χ1) is 4.72. The average molecular weight is 142 g/mol. The van der Waals surface area contributed by atoms with Crippen molar-refractivity contribution >= 4 is 5.78 Å². The van der Waals surface area contributed by atoms with Gasteiger partial charge in [-0.25, -0.2) is 0 Å². The maximum atomic E-state index is 11.2. The van der Waals surface area contributed by atoms with Crippen molar-refractivity contribution in [1.82, 2.24) is 0 Å². The van der Waals surface area contributed by atoms with Crippen LogP contribution in [0.15, 0.2) is 0 Å². The van der Waals surface area contributed by atoms with Gasteiger partial charge in [0.2, 0.25) is 0 Å². The molecule has 1 aliphatic carbocycles. The molecule has 0 unspecified atom stereocenters. The summed E-state index contributed by atoms with van der Waals surface area (Å²) in [4.78, 5) is 12.5. The second-order valence-electron chi connectivity index (χ2n) is 3.34. The monoisotopic (exact) mass is 142 g/mol. The summed E-state index contributed by atoms with van der Waals surface area (Å²) < 4.78 is 0. The second-order valence-corrected chi connectivity index (χ2v) is 3.34. The minimum absolute atomic E-state index is 0.300. The number of hydrogen-bond donors (Lipinski definition) is 1. The number of rotatable bonds is 1. The third kappa shape index (κ3) is 1.57. The number of nitrogens with one attached hydrogen (secondary N) is 1. The van der Waals surface area contributed by atoms with Gasteiger partial charge >= 0.3 is 0 Å². The predicted octanol–water partition coefficient (Wildman–Crippen LogP) is -0.357. The van der Waals surface area contributed by atoms with Crippen LogP contribution in [-0.2, 0) is 4.79 Å². The van der Waals surface area contributed by atoms with E-state index >= 15 is 0 Å². The molecule has 1 rings (SSSR count). The molecule has 58 valence electrons. The molecule has 0 aromatic rings. The quantitative estimate of drug-likeness (QED) is 0.530.